The van der Waals surface area contributed by atoms with Crippen molar-refractivity contribution in [2.24, 2.45) is 0 Å². The second-order valence-electron chi connectivity index (χ2n) is 9.10. The normalized spacial score (nSPS) is 13.1. The number of pyridine rings is 2. The van der Waals surface area contributed by atoms with Crippen molar-refractivity contribution in [3.63, 3.8) is 0 Å². The molecule has 1 aliphatic rings. The Labute approximate surface area is 251 Å². The summed E-state index contributed by atoms with van der Waals surface area (Å²) >= 11 is 0. The Hall–Kier alpha value is -3.31. The highest BCUT2D eigenvalue weighted by Gasteiger charge is 2.23. The number of hydrogen-bond donors (Lipinski definition) is 2. The quantitative estimate of drug-likeness (QED) is 0.295. The zero-order valence-electron chi connectivity index (χ0n) is 21.8. The number of carboxylic acid groups (broad SMARTS) is 1. The summed E-state index contributed by atoms with van der Waals surface area (Å²) in [6.45, 7) is 6.37. The first-order valence-corrected chi connectivity index (χ1v) is 13.4. The van der Waals surface area contributed by atoms with Crippen molar-refractivity contribution in [1.82, 2.24) is 9.97 Å². The molecule has 0 aliphatic carbocycles. The molecule has 1 fully saturated rings. The van der Waals surface area contributed by atoms with E-state index in [1.165, 1.54) is 6.07 Å². The molecule has 2 aromatic heterocycles. The van der Waals surface area contributed by atoms with Crippen LogP contribution in [0.2, 0.25) is 0 Å². The van der Waals surface area contributed by atoms with Gasteiger partial charge in [-0.05, 0) is 67.4 Å². The van der Waals surface area contributed by atoms with Crippen molar-refractivity contribution in [2.75, 3.05) is 40.7 Å². The highest BCUT2D eigenvalue weighted by molar-refractivity contribution is 7.92. The number of aryl methyl sites for hydroxylation is 2. The van der Waals surface area contributed by atoms with Gasteiger partial charge in [0.2, 0.25) is 0 Å². The van der Waals surface area contributed by atoms with Gasteiger partial charge in [-0.3, -0.25) is 4.72 Å². The number of carboxylic acids is 1. The Kier molecular flexibility index (Phi) is 11.0. The molecule has 0 atom stereocenters. The van der Waals surface area contributed by atoms with E-state index < -0.39 is 16.0 Å². The number of anilines is 3. The van der Waals surface area contributed by atoms with E-state index in [4.69, 9.17) is 4.98 Å². The number of nitrogens with zero attached hydrogens (tertiary/aromatic N) is 4. The van der Waals surface area contributed by atoms with Crippen molar-refractivity contribution in [2.45, 2.75) is 18.7 Å². The van der Waals surface area contributed by atoms with E-state index in [0.717, 1.165) is 24.5 Å². The first kappa shape index (κ1) is 32.9. The maximum Gasteiger partial charge on any atom is 0.336 e. The molecule has 9 nitrogen and oxygen atoms in total. The molecule has 0 radical (unpaired) electrons. The maximum atomic E-state index is 13.1. The van der Waals surface area contributed by atoms with E-state index in [0.29, 0.717) is 35.4 Å². The molecule has 4 aromatic rings. The molecule has 0 bridgehead atoms. The van der Waals surface area contributed by atoms with Gasteiger partial charge in [0, 0.05) is 43.4 Å². The second kappa shape index (κ2) is 13.4. The monoisotopic (exact) mass is 625 g/mol. The minimum Gasteiger partial charge on any atom is -0.478 e. The van der Waals surface area contributed by atoms with Gasteiger partial charge in [-0.15, -0.1) is 37.2 Å². The summed E-state index contributed by atoms with van der Waals surface area (Å²) < 4.78 is 28.7. The molecule has 0 spiro atoms. The lowest BCUT2D eigenvalue weighted by atomic mass is 10.1. The fourth-order valence-corrected chi connectivity index (χ4v) is 5.91. The van der Waals surface area contributed by atoms with Crippen LogP contribution in [0.5, 0.6) is 0 Å². The number of nitrogens with one attached hydrogen (secondary N) is 1. The molecule has 3 heterocycles. The number of hydrogen-bond acceptors (Lipinski definition) is 7. The summed E-state index contributed by atoms with van der Waals surface area (Å²) in [5.74, 6) is 0.389. The fourth-order valence-electron chi connectivity index (χ4n) is 4.53. The van der Waals surface area contributed by atoms with Crippen molar-refractivity contribution in [3.05, 3.63) is 83.6 Å². The molecule has 2 N–H and O–H groups in total. The Bertz CT molecular complexity index is 1600. The molecule has 2 aromatic carbocycles. The minimum atomic E-state index is -3.86. The van der Waals surface area contributed by atoms with Crippen LogP contribution >= 0.6 is 37.2 Å². The maximum absolute atomic E-state index is 13.1. The Morgan fingerprint density at radius 1 is 0.875 bits per heavy atom. The fraction of sp³-hybridized carbons (Fsp3) is 0.222. The van der Waals surface area contributed by atoms with E-state index in [-0.39, 0.29) is 53.4 Å². The number of carbonyl (C=O) groups is 1. The highest BCUT2D eigenvalue weighted by Crippen LogP contribution is 2.29. The Balaban J connectivity index is 0.00000187. The van der Waals surface area contributed by atoms with Gasteiger partial charge >= 0.3 is 5.97 Å². The van der Waals surface area contributed by atoms with Gasteiger partial charge in [0.05, 0.1) is 16.0 Å². The first-order chi connectivity index (χ1) is 17.7. The summed E-state index contributed by atoms with van der Waals surface area (Å²) in [7, 11) is -3.86. The molecule has 1 saturated heterocycles. The third-order valence-electron chi connectivity index (χ3n) is 6.49. The average molecular weight is 627 g/mol. The third-order valence-corrected chi connectivity index (χ3v) is 8.01. The molecule has 0 amide bonds. The summed E-state index contributed by atoms with van der Waals surface area (Å²) in [5.41, 5.74) is 2.28. The number of halogens is 3. The molecular formula is C27H30Cl3N5O4S. The number of aromatic nitrogens is 2. The van der Waals surface area contributed by atoms with Crippen LogP contribution in [0, 0.1) is 13.8 Å². The van der Waals surface area contributed by atoms with Gasteiger partial charge in [0.1, 0.15) is 11.6 Å². The molecule has 0 unspecified atom stereocenters. The number of rotatable bonds is 6. The van der Waals surface area contributed by atoms with Gasteiger partial charge < -0.3 is 14.9 Å². The number of piperazine rings is 1. The van der Waals surface area contributed by atoms with Crippen molar-refractivity contribution in [3.8, 4) is 0 Å². The minimum absolute atomic E-state index is 0. The lowest BCUT2D eigenvalue weighted by Crippen LogP contribution is -2.47. The number of benzene rings is 2. The van der Waals surface area contributed by atoms with Crippen molar-refractivity contribution >= 4 is 81.4 Å². The Morgan fingerprint density at radius 3 is 2.17 bits per heavy atom. The number of aromatic carboxylic acids is 1. The largest absolute Gasteiger partial charge is 0.478 e. The number of sulfonamides is 1. The standard InChI is InChI=1S/C27H27N5O4S.3ClH/c1-18-6-7-19(2)24(15-18)37(35,36)30-20-8-9-23-21(16-20)22(27(33)34)17-26(29-23)32-13-11-31(12-14-32)25-5-3-4-10-28-25;;;/h3-10,15-17,30H,11-14H2,1-2H3,(H,33,34);3*1H. The molecule has 214 valence electrons. The van der Waals surface area contributed by atoms with Gasteiger partial charge in [-0.2, -0.15) is 0 Å². The van der Waals surface area contributed by atoms with Crippen LogP contribution < -0.4 is 14.5 Å². The van der Waals surface area contributed by atoms with E-state index in [1.54, 1.807) is 43.5 Å². The van der Waals surface area contributed by atoms with Crippen LogP contribution in [0.15, 0.2) is 71.8 Å². The van der Waals surface area contributed by atoms with E-state index >= 15 is 0 Å². The second-order valence-corrected chi connectivity index (χ2v) is 10.8. The van der Waals surface area contributed by atoms with E-state index in [1.807, 2.05) is 31.2 Å². The zero-order valence-corrected chi connectivity index (χ0v) is 25.0. The first-order valence-electron chi connectivity index (χ1n) is 11.9. The van der Waals surface area contributed by atoms with Crippen LogP contribution in [-0.4, -0.2) is 55.6 Å². The topological polar surface area (TPSA) is 116 Å². The van der Waals surface area contributed by atoms with Gasteiger partial charge in [-0.25, -0.2) is 23.2 Å². The van der Waals surface area contributed by atoms with Gasteiger partial charge in [0.25, 0.3) is 10.0 Å². The molecule has 5 rings (SSSR count). The highest BCUT2D eigenvalue weighted by atomic mass is 35.5. The molecule has 1 aliphatic heterocycles. The molecule has 13 heteroatoms. The molecular weight excluding hydrogens is 597 g/mol. The molecule has 0 saturated carbocycles. The van der Waals surface area contributed by atoms with Crippen molar-refractivity contribution < 1.29 is 18.3 Å². The molecule has 40 heavy (non-hydrogen) atoms. The van der Waals surface area contributed by atoms with Gasteiger partial charge in [0.15, 0.2) is 0 Å². The third kappa shape index (κ3) is 6.87. The van der Waals surface area contributed by atoms with Crippen LogP contribution in [0.25, 0.3) is 10.9 Å². The van der Waals surface area contributed by atoms with Crippen molar-refractivity contribution in [1.29, 1.82) is 0 Å². The van der Waals surface area contributed by atoms with Crippen LogP contribution in [0.4, 0.5) is 17.3 Å². The smallest absolute Gasteiger partial charge is 0.336 e. The van der Waals surface area contributed by atoms with Crippen LogP contribution in [0.1, 0.15) is 21.5 Å². The SMILES string of the molecule is Cc1ccc(C)c(S(=O)(=O)Nc2ccc3nc(N4CCN(c5ccccn5)CC4)cc(C(=O)O)c3c2)c1.Cl.Cl.Cl. The summed E-state index contributed by atoms with van der Waals surface area (Å²) in [4.78, 5) is 25.7. The van der Waals surface area contributed by atoms with Gasteiger partial charge in [-0.1, -0.05) is 18.2 Å². The average Bonchev–Trinajstić information content (AvgIpc) is 2.89. The predicted octanol–water partition coefficient (Wildman–Crippen LogP) is 5.34. The van der Waals surface area contributed by atoms with Crippen LogP contribution in [0.3, 0.4) is 0 Å². The summed E-state index contributed by atoms with van der Waals surface area (Å²) in [6.07, 6.45) is 1.77. The zero-order chi connectivity index (χ0) is 26.2. The summed E-state index contributed by atoms with van der Waals surface area (Å²) in [5, 5.41) is 10.3. The lowest BCUT2D eigenvalue weighted by Gasteiger charge is -2.36. The predicted molar refractivity (Wildman–Crippen MR) is 166 cm³/mol. The Morgan fingerprint density at radius 2 is 1.55 bits per heavy atom. The summed E-state index contributed by atoms with van der Waals surface area (Å²) in [6, 6.07) is 17.4. The van der Waals surface area contributed by atoms with Crippen LogP contribution in [-0.2, 0) is 10.0 Å². The van der Waals surface area contributed by atoms with E-state index in [2.05, 4.69) is 19.5 Å². The lowest BCUT2D eigenvalue weighted by molar-refractivity contribution is 0.0699. The number of fused-ring (bicyclic) bond motifs is 1. The van der Waals surface area contributed by atoms with E-state index in [9.17, 15) is 18.3 Å².